The second kappa shape index (κ2) is 9.13. The number of rotatable bonds is 5. The van der Waals surface area contributed by atoms with Crippen LogP contribution in [0.1, 0.15) is 40.0 Å². The highest BCUT2D eigenvalue weighted by Gasteiger charge is 1.98. The molecule has 1 N–H and O–H groups in total. The Labute approximate surface area is 121 Å². The van der Waals surface area contributed by atoms with Crippen molar-refractivity contribution in [3.8, 4) is 0 Å². The van der Waals surface area contributed by atoms with E-state index in [0.717, 1.165) is 19.1 Å². The molecular weight excluding hydrogens is 246 g/mol. The summed E-state index contributed by atoms with van der Waals surface area (Å²) in [5, 5.41) is 1.28. The molecule has 20 heavy (non-hydrogen) atoms. The fraction of sp³-hybridized carbons (Fsp3) is 0.389. The van der Waals surface area contributed by atoms with Crippen LogP contribution in [0.25, 0.3) is 10.9 Å². The van der Waals surface area contributed by atoms with E-state index in [4.69, 9.17) is 0 Å². The summed E-state index contributed by atoms with van der Waals surface area (Å²) in [4.78, 5) is 13.2. The van der Waals surface area contributed by atoms with Crippen molar-refractivity contribution in [1.29, 1.82) is 0 Å². The summed E-state index contributed by atoms with van der Waals surface area (Å²) in [5.41, 5.74) is 2.57. The molecule has 1 atom stereocenters. The van der Waals surface area contributed by atoms with E-state index in [1.54, 1.807) is 0 Å². The molecule has 108 valence electrons. The number of hydrogen-bond donors (Lipinski definition) is 1. The van der Waals surface area contributed by atoms with Gasteiger partial charge in [0.2, 0.25) is 0 Å². The molecule has 0 aliphatic carbocycles. The summed E-state index contributed by atoms with van der Waals surface area (Å²) in [6, 6.07) is 10.3. The van der Waals surface area contributed by atoms with Gasteiger partial charge in [0.1, 0.15) is 6.29 Å². The van der Waals surface area contributed by atoms with E-state index in [9.17, 15) is 4.79 Å². The van der Waals surface area contributed by atoms with Crippen LogP contribution in [-0.2, 0) is 4.79 Å². The largest absolute Gasteiger partial charge is 0.361 e. The van der Waals surface area contributed by atoms with Gasteiger partial charge in [0.05, 0.1) is 0 Å². The molecule has 0 bridgehead atoms. The lowest BCUT2D eigenvalue weighted by atomic mass is 10.0. The summed E-state index contributed by atoms with van der Waals surface area (Å²) in [6.07, 6.45) is 8.12. The van der Waals surface area contributed by atoms with Crippen LogP contribution in [0.3, 0.4) is 0 Å². The second-order valence-electron chi connectivity index (χ2n) is 5.43. The average molecular weight is 271 g/mol. The molecular formula is C18H25NO. The standard InChI is InChI=1S/C10H18O.C8H7N/c1-9(2)5-4-6-10(3)7-8-11;1-2-4-8-7(3-1)5-6-9-8/h5,8,10H,4,6-7H2,1-3H3;1-6,9H. The van der Waals surface area contributed by atoms with Crippen LogP contribution in [0.4, 0.5) is 0 Å². The normalized spacial score (nSPS) is 11.3. The first-order valence-corrected chi connectivity index (χ1v) is 7.22. The molecule has 0 saturated heterocycles. The molecule has 1 aromatic heterocycles. The number of hydrogen-bond acceptors (Lipinski definition) is 1. The first kappa shape index (κ1) is 16.2. The van der Waals surface area contributed by atoms with E-state index in [1.165, 1.54) is 16.5 Å². The number of aromatic nitrogens is 1. The molecule has 0 spiro atoms. The van der Waals surface area contributed by atoms with E-state index in [2.05, 4.69) is 50.0 Å². The molecule has 0 radical (unpaired) electrons. The van der Waals surface area contributed by atoms with E-state index in [0.29, 0.717) is 12.3 Å². The molecule has 2 rings (SSSR count). The molecule has 2 nitrogen and oxygen atoms in total. The zero-order valence-electron chi connectivity index (χ0n) is 12.7. The van der Waals surface area contributed by atoms with Gasteiger partial charge >= 0.3 is 0 Å². The van der Waals surface area contributed by atoms with Crippen molar-refractivity contribution < 1.29 is 4.79 Å². The Morgan fingerprint density at radius 2 is 2.00 bits per heavy atom. The minimum atomic E-state index is 0.545. The van der Waals surface area contributed by atoms with Crippen molar-refractivity contribution in [3.05, 3.63) is 48.2 Å². The third-order valence-electron chi connectivity index (χ3n) is 3.17. The van der Waals surface area contributed by atoms with Crippen LogP contribution in [0.15, 0.2) is 48.2 Å². The van der Waals surface area contributed by atoms with E-state index in [1.807, 2.05) is 18.3 Å². The van der Waals surface area contributed by atoms with Gasteiger partial charge in [0.25, 0.3) is 0 Å². The zero-order chi connectivity index (χ0) is 14.8. The van der Waals surface area contributed by atoms with Crippen LogP contribution < -0.4 is 0 Å². The molecule has 1 aromatic carbocycles. The number of aromatic amines is 1. The summed E-state index contributed by atoms with van der Waals surface area (Å²) in [6.45, 7) is 6.32. The van der Waals surface area contributed by atoms with Gasteiger partial charge in [-0.15, -0.1) is 0 Å². The van der Waals surface area contributed by atoms with Crippen LogP contribution >= 0.6 is 0 Å². The first-order valence-electron chi connectivity index (χ1n) is 7.22. The maximum absolute atomic E-state index is 10.1. The zero-order valence-corrected chi connectivity index (χ0v) is 12.7. The van der Waals surface area contributed by atoms with Crippen LogP contribution in [0, 0.1) is 5.92 Å². The molecule has 2 aromatic rings. The quantitative estimate of drug-likeness (QED) is 0.593. The van der Waals surface area contributed by atoms with Gasteiger partial charge in [-0.1, -0.05) is 36.8 Å². The highest BCUT2D eigenvalue weighted by Crippen LogP contribution is 2.10. The van der Waals surface area contributed by atoms with Gasteiger partial charge in [-0.2, -0.15) is 0 Å². The average Bonchev–Trinajstić information content (AvgIpc) is 2.87. The molecule has 1 heterocycles. The lowest BCUT2D eigenvalue weighted by molar-refractivity contribution is -0.108. The summed E-state index contributed by atoms with van der Waals surface area (Å²) in [7, 11) is 0. The number of allylic oxidation sites excluding steroid dienone is 2. The number of fused-ring (bicyclic) bond motifs is 1. The SMILES string of the molecule is CC(C)=CCCC(C)CC=O.c1ccc2[nH]ccc2c1. The van der Waals surface area contributed by atoms with Crippen LogP contribution in [0.2, 0.25) is 0 Å². The fourth-order valence-corrected chi connectivity index (χ4v) is 1.93. The minimum absolute atomic E-state index is 0.545. The lowest BCUT2D eigenvalue weighted by Crippen LogP contribution is -1.93. The number of aldehydes is 1. The smallest absolute Gasteiger partial charge is 0.120 e. The number of nitrogens with one attached hydrogen (secondary N) is 1. The number of H-pyrrole nitrogens is 1. The molecule has 0 aliphatic rings. The third-order valence-corrected chi connectivity index (χ3v) is 3.17. The molecule has 0 fully saturated rings. The molecule has 2 heteroatoms. The van der Waals surface area contributed by atoms with Gasteiger partial charge in [0.15, 0.2) is 0 Å². The molecule has 0 amide bonds. The van der Waals surface area contributed by atoms with Gasteiger partial charge in [0, 0.05) is 18.1 Å². The third kappa shape index (κ3) is 6.37. The summed E-state index contributed by atoms with van der Waals surface area (Å²) >= 11 is 0. The Bertz CT molecular complexity index is 505. The molecule has 1 unspecified atom stereocenters. The number of para-hydroxylation sites is 1. The number of benzene rings is 1. The van der Waals surface area contributed by atoms with Gasteiger partial charge in [-0.3, -0.25) is 0 Å². The molecule has 0 saturated carbocycles. The Kier molecular flexibility index (Phi) is 7.41. The lowest BCUT2D eigenvalue weighted by Gasteiger charge is -2.03. The maximum atomic E-state index is 10.1. The van der Waals surface area contributed by atoms with E-state index < -0.39 is 0 Å². The maximum Gasteiger partial charge on any atom is 0.120 e. The van der Waals surface area contributed by atoms with Crippen LogP contribution in [0.5, 0.6) is 0 Å². The predicted octanol–water partition coefficient (Wildman–Crippen LogP) is 5.13. The van der Waals surface area contributed by atoms with Gasteiger partial charge in [-0.25, -0.2) is 0 Å². The minimum Gasteiger partial charge on any atom is -0.361 e. The number of carbonyl (C=O) groups is 1. The highest BCUT2D eigenvalue weighted by molar-refractivity contribution is 5.78. The van der Waals surface area contributed by atoms with Crippen molar-refractivity contribution in [2.24, 2.45) is 5.92 Å². The van der Waals surface area contributed by atoms with E-state index in [-0.39, 0.29) is 0 Å². The van der Waals surface area contributed by atoms with Crippen molar-refractivity contribution >= 4 is 17.2 Å². The first-order chi connectivity index (χ1) is 9.63. The highest BCUT2D eigenvalue weighted by atomic mass is 16.1. The Balaban J connectivity index is 0.000000202. The topological polar surface area (TPSA) is 32.9 Å². The van der Waals surface area contributed by atoms with Crippen molar-refractivity contribution in [2.45, 2.75) is 40.0 Å². The Morgan fingerprint density at radius 3 is 2.65 bits per heavy atom. The Hall–Kier alpha value is -1.83. The fourth-order valence-electron chi connectivity index (χ4n) is 1.93. The van der Waals surface area contributed by atoms with Crippen LogP contribution in [-0.4, -0.2) is 11.3 Å². The Morgan fingerprint density at radius 1 is 1.25 bits per heavy atom. The second-order valence-corrected chi connectivity index (χ2v) is 5.43. The predicted molar refractivity (Wildman–Crippen MR) is 86.8 cm³/mol. The van der Waals surface area contributed by atoms with Crippen molar-refractivity contribution in [2.75, 3.05) is 0 Å². The van der Waals surface area contributed by atoms with Crippen molar-refractivity contribution in [1.82, 2.24) is 4.98 Å². The monoisotopic (exact) mass is 271 g/mol. The van der Waals surface area contributed by atoms with Gasteiger partial charge in [-0.05, 0) is 50.1 Å². The van der Waals surface area contributed by atoms with Crippen molar-refractivity contribution in [3.63, 3.8) is 0 Å². The summed E-state index contributed by atoms with van der Waals surface area (Å²) in [5.74, 6) is 0.545. The summed E-state index contributed by atoms with van der Waals surface area (Å²) < 4.78 is 0. The van der Waals surface area contributed by atoms with E-state index >= 15 is 0 Å². The molecule has 0 aliphatic heterocycles. The van der Waals surface area contributed by atoms with Gasteiger partial charge < -0.3 is 9.78 Å². The number of carbonyl (C=O) groups excluding carboxylic acids is 1.